The third-order valence-electron chi connectivity index (χ3n) is 2.88. The van der Waals surface area contributed by atoms with Gasteiger partial charge in [0.1, 0.15) is 12.7 Å². The molecular formula is C13H18O10. The summed E-state index contributed by atoms with van der Waals surface area (Å²) in [6.45, 7) is 3.03. The van der Waals surface area contributed by atoms with E-state index in [1.54, 1.807) is 0 Å². The van der Waals surface area contributed by atoms with E-state index in [0.717, 1.165) is 20.8 Å². The Labute approximate surface area is 131 Å². The third kappa shape index (κ3) is 5.49. The zero-order valence-corrected chi connectivity index (χ0v) is 12.8. The zero-order chi connectivity index (χ0) is 17.6. The first-order valence-corrected chi connectivity index (χ1v) is 6.66. The summed E-state index contributed by atoms with van der Waals surface area (Å²) < 4.78 is 24.6. The largest absolute Gasteiger partial charge is 0.463 e. The summed E-state index contributed by atoms with van der Waals surface area (Å²) >= 11 is 0. The molecule has 23 heavy (non-hydrogen) atoms. The van der Waals surface area contributed by atoms with Gasteiger partial charge in [-0.05, 0) is 0 Å². The number of esters is 3. The average molecular weight is 334 g/mol. The van der Waals surface area contributed by atoms with Gasteiger partial charge in [-0.1, -0.05) is 0 Å². The van der Waals surface area contributed by atoms with Gasteiger partial charge in [0.2, 0.25) is 0 Å². The first-order valence-electron chi connectivity index (χ1n) is 6.66. The van der Waals surface area contributed by atoms with Crippen LogP contribution in [0.2, 0.25) is 0 Å². The molecule has 0 aromatic heterocycles. The van der Waals surface area contributed by atoms with Gasteiger partial charge in [0, 0.05) is 20.8 Å². The molecule has 1 fully saturated rings. The summed E-state index contributed by atoms with van der Waals surface area (Å²) in [4.78, 5) is 44.0. The van der Waals surface area contributed by atoms with Crippen LogP contribution in [0, 0.1) is 0 Å². The molecule has 1 aliphatic rings. The molecule has 0 bridgehead atoms. The van der Waals surface area contributed by atoms with Crippen LogP contribution in [0.25, 0.3) is 0 Å². The number of aliphatic hydroxyl groups excluding tert-OH is 1. The molecule has 0 spiro atoms. The van der Waals surface area contributed by atoms with Crippen LogP contribution in [-0.2, 0) is 42.9 Å². The number of carbonyl (C=O) groups excluding carboxylic acids is 4. The van der Waals surface area contributed by atoms with Crippen molar-refractivity contribution in [1.29, 1.82) is 0 Å². The minimum absolute atomic E-state index is 0.0772. The quantitative estimate of drug-likeness (QED) is 0.353. The normalized spacial score (nSPS) is 30.0. The van der Waals surface area contributed by atoms with Crippen LogP contribution in [0.1, 0.15) is 20.8 Å². The maximum Gasteiger partial charge on any atom is 0.303 e. The van der Waals surface area contributed by atoms with Gasteiger partial charge in [0.05, 0.1) is 0 Å². The Morgan fingerprint density at radius 3 is 2.04 bits per heavy atom. The second kappa shape index (κ2) is 8.44. The number of carbonyl (C=O) groups is 4. The molecule has 0 amide bonds. The molecule has 0 saturated carbocycles. The minimum Gasteiger partial charge on any atom is -0.463 e. The van der Waals surface area contributed by atoms with Gasteiger partial charge in [-0.3, -0.25) is 19.2 Å². The van der Waals surface area contributed by atoms with Gasteiger partial charge in [-0.15, -0.1) is 0 Å². The van der Waals surface area contributed by atoms with Gasteiger partial charge in [-0.2, -0.15) is 0 Å². The molecule has 0 radical (unpaired) electrons. The van der Waals surface area contributed by atoms with Crippen molar-refractivity contribution < 1.29 is 48.0 Å². The van der Waals surface area contributed by atoms with Crippen molar-refractivity contribution in [2.24, 2.45) is 0 Å². The van der Waals surface area contributed by atoms with Crippen LogP contribution in [0.5, 0.6) is 0 Å². The van der Waals surface area contributed by atoms with Crippen LogP contribution in [0.4, 0.5) is 0 Å². The van der Waals surface area contributed by atoms with Gasteiger partial charge < -0.3 is 28.8 Å². The number of hydrogen-bond donors (Lipinski definition) is 1. The lowest BCUT2D eigenvalue weighted by molar-refractivity contribution is -0.294. The number of aliphatic hydroxyl groups is 1. The van der Waals surface area contributed by atoms with Crippen molar-refractivity contribution in [2.45, 2.75) is 51.5 Å². The van der Waals surface area contributed by atoms with Crippen LogP contribution in [0.3, 0.4) is 0 Å². The Morgan fingerprint density at radius 2 is 1.57 bits per heavy atom. The summed E-state index contributed by atoms with van der Waals surface area (Å²) in [5.74, 6) is -2.15. The fourth-order valence-corrected chi connectivity index (χ4v) is 2.10. The van der Waals surface area contributed by atoms with Gasteiger partial charge in [0.25, 0.3) is 6.47 Å². The van der Waals surface area contributed by atoms with Crippen molar-refractivity contribution in [3.8, 4) is 0 Å². The maximum atomic E-state index is 11.3. The Balaban J connectivity index is 3.04. The molecule has 10 nitrogen and oxygen atoms in total. The smallest absolute Gasteiger partial charge is 0.303 e. The molecule has 1 N–H and O–H groups in total. The first kappa shape index (κ1) is 18.8. The minimum atomic E-state index is -1.67. The van der Waals surface area contributed by atoms with E-state index in [9.17, 15) is 24.3 Å². The fraction of sp³-hybridized carbons (Fsp3) is 0.692. The topological polar surface area (TPSA) is 135 Å². The molecule has 0 aromatic rings. The highest BCUT2D eigenvalue weighted by Gasteiger charge is 2.51. The SMILES string of the molecule is CC(=O)OCC1OC(O)C(OC(C)=O)C(OC(C)=O)C1OC=O. The van der Waals surface area contributed by atoms with E-state index < -0.39 is 48.6 Å². The molecule has 5 unspecified atom stereocenters. The average Bonchev–Trinajstić information content (AvgIpc) is 2.43. The van der Waals surface area contributed by atoms with E-state index in [0.29, 0.717) is 0 Å². The summed E-state index contributed by atoms with van der Waals surface area (Å²) in [5.41, 5.74) is 0. The zero-order valence-electron chi connectivity index (χ0n) is 12.8. The van der Waals surface area contributed by atoms with E-state index in [-0.39, 0.29) is 13.1 Å². The maximum absolute atomic E-state index is 11.3. The molecule has 1 saturated heterocycles. The van der Waals surface area contributed by atoms with Gasteiger partial charge >= 0.3 is 17.9 Å². The van der Waals surface area contributed by atoms with Crippen LogP contribution in [-0.4, -0.2) is 66.8 Å². The van der Waals surface area contributed by atoms with Crippen molar-refractivity contribution >= 4 is 24.4 Å². The second-order valence-electron chi connectivity index (χ2n) is 4.71. The van der Waals surface area contributed by atoms with Crippen molar-refractivity contribution in [1.82, 2.24) is 0 Å². The van der Waals surface area contributed by atoms with E-state index in [1.165, 1.54) is 0 Å². The lowest BCUT2D eigenvalue weighted by Crippen LogP contribution is -2.62. The van der Waals surface area contributed by atoms with Crippen molar-refractivity contribution in [3.63, 3.8) is 0 Å². The number of ether oxygens (including phenoxy) is 5. The Morgan fingerprint density at radius 1 is 1.00 bits per heavy atom. The van der Waals surface area contributed by atoms with Crippen LogP contribution in [0.15, 0.2) is 0 Å². The monoisotopic (exact) mass is 334 g/mol. The standard InChI is InChI=1S/C13H18O10/c1-6(15)19-4-9-10(20-5-14)11(21-7(2)16)12(13(18)23-9)22-8(3)17/h5,9-13,18H,4H2,1-3H3. The summed E-state index contributed by atoms with van der Waals surface area (Å²) in [5, 5.41) is 9.95. The van der Waals surface area contributed by atoms with Crippen LogP contribution < -0.4 is 0 Å². The highest BCUT2D eigenvalue weighted by molar-refractivity contribution is 5.67. The van der Waals surface area contributed by atoms with Crippen molar-refractivity contribution in [2.75, 3.05) is 6.61 Å². The lowest BCUT2D eigenvalue weighted by atomic mass is 9.98. The van der Waals surface area contributed by atoms with E-state index >= 15 is 0 Å². The molecule has 1 rings (SSSR count). The summed E-state index contributed by atoms with van der Waals surface area (Å²) in [6.07, 6.45) is -6.77. The summed E-state index contributed by atoms with van der Waals surface area (Å²) in [7, 11) is 0. The Hall–Kier alpha value is -2.20. The molecule has 0 aromatic carbocycles. The highest BCUT2D eigenvalue weighted by Crippen LogP contribution is 2.27. The van der Waals surface area contributed by atoms with Gasteiger partial charge in [0.15, 0.2) is 24.6 Å². The summed E-state index contributed by atoms with van der Waals surface area (Å²) in [6, 6.07) is 0. The van der Waals surface area contributed by atoms with Gasteiger partial charge in [-0.25, -0.2) is 0 Å². The van der Waals surface area contributed by atoms with E-state index in [2.05, 4.69) is 0 Å². The predicted octanol–water partition coefficient (Wildman–Crippen LogP) is -1.33. The molecule has 0 aliphatic carbocycles. The number of rotatable bonds is 6. The highest BCUT2D eigenvalue weighted by atomic mass is 16.7. The molecular weight excluding hydrogens is 316 g/mol. The Bertz CT molecular complexity index is 462. The fourth-order valence-electron chi connectivity index (χ4n) is 2.10. The third-order valence-corrected chi connectivity index (χ3v) is 2.88. The molecule has 130 valence electrons. The molecule has 1 aliphatic heterocycles. The first-order chi connectivity index (χ1) is 10.8. The number of hydrogen-bond acceptors (Lipinski definition) is 10. The molecule has 1 heterocycles. The Kier molecular flexibility index (Phi) is 6.91. The lowest BCUT2D eigenvalue weighted by Gasteiger charge is -2.42. The van der Waals surface area contributed by atoms with Crippen molar-refractivity contribution in [3.05, 3.63) is 0 Å². The van der Waals surface area contributed by atoms with E-state index in [1.807, 2.05) is 0 Å². The van der Waals surface area contributed by atoms with E-state index in [4.69, 9.17) is 23.7 Å². The second-order valence-corrected chi connectivity index (χ2v) is 4.71. The van der Waals surface area contributed by atoms with Crippen LogP contribution >= 0.6 is 0 Å². The molecule has 10 heteroatoms. The molecule has 5 atom stereocenters. The predicted molar refractivity (Wildman–Crippen MR) is 69.6 cm³/mol.